The standard InChI is InChI=1S/C29H29N3O3/c1-32(2)22-14-12-18(13-15-22)21-16-25-27(26(33)17-21)28(31-24-7-5-4-6-23(24)30-25)19-8-10-20(11-9-19)29(34)35-3/h4-15,21,28,30-31H,16-17H2,1-3H3/t21-,28-/m1/s1. The van der Waals surface area contributed by atoms with Crippen molar-refractivity contribution in [2.75, 3.05) is 36.7 Å². The van der Waals surface area contributed by atoms with Crippen LogP contribution in [0, 0.1) is 0 Å². The van der Waals surface area contributed by atoms with Gasteiger partial charge < -0.3 is 20.3 Å². The molecule has 3 aromatic rings. The third-order valence-corrected chi connectivity index (χ3v) is 6.85. The van der Waals surface area contributed by atoms with Gasteiger partial charge in [-0.05, 0) is 59.9 Å². The number of Topliss-reactive ketones (excluding diaryl/α,β-unsaturated/α-hetero) is 1. The quantitative estimate of drug-likeness (QED) is 0.493. The Hall–Kier alpha value is -4.06. The number of esters is 1. The highest BCUT2D eigenvalue weighted by Crippen LogP contribution is 2.44. The van der Waals surface area contributed by atoms with Crippen LogP contribution in [0.5, 0.6) is 0 Å². The van der Waals surface area contributed by atoms with Crippen molar-refractivity contribution in [3.63, 3.8) is 0 Å². The maximum Gasteiger partial charge on any atom is 0.337 e. The summed E-state index contributed by atoms with van der Waals surface area (Å²) in [5.41, 5.74) is 7.29. The highest BCUT2D eigenvalue weighted by molar-refractivity contribution is 6.01. The summed E-state index contributed by atoms with van der Waals surface area (Å²) >= 11 is 0. The fourth-order valence-electron chi connectivity index (χ4n) is 4.95. The number of ketones is 1. The molecule has 1 aliphatic heterocycles. The monoisotopic (exact) mass is 467 g/mol. The summed E-state index contributed by atoms with van der Waals surface area (Å²) < 4.78 is 4.83. The minimum Gasteiger partial charge on any atom is -0.465 e. The van der Waals surface area contributed by atoms with Crippen LogP contribution in [-0.4, -0.2) is 33.0 Å². The Labute approximate surface area is 205 Å². The number of nitrogens with zero attached hydrogens (tertiary/aromatic N) is 1. The Morgan fingerprint density at radius 2 is 1.54 bits per heavy atom. The van der Waals surface area contributed by atoms with E-state index in [9.17, 15) is 9.59 Å². The topological polar surface area (TPSA) is 70.7 Å². The second-order valence-electron chi connectivity index (χ2n) is 9.27. The number of hydrogen-bond donors (Lipinski definition) is 2. The molecule has 0 radical (unpaired) electrons. The lowest BCUT2D eigenvalue weighted by Crippen LogP contribution is -2.27. The summed E-state index contributed by atoms with van der Waals surface area (Å²) in [5.74, 6) is -0.144. The van der Waals surface area contributed by atoms with Crippen LogP contribution in [-0.2, 0) is 9.53 Å². The van der Waals surface area contributed by atoms with Crippen LogP contribution < -0.4 is 15.5 Å². The van der Waals surface area contributed by atoms with Crippen molar-refractivity contribution in [2.45, 2.75) is 24.8 Å². The summed E-state index contributed by atoms with van der Waals surface area (Å²) in [6.45, 7) is 0. The lowest BCUT2D eigenvalue weighted by atomic mass is 9.78. The molecular formula is C29H29N3O3. The molecule has 1 aliphatic carbocycles. The van der Waals surface area contributed by atoms with Crippen LogP contribution in [0.4, 0.5) is 17.1 Å². The maximum atomic E-state index is 13.7. The first-order valence-corrected chi connectivity index (χ1v) is 11.8. The summed E-state index contributed by atoms with van der Waals surface area (Å²) in [6, 6.07) is 23.4. The van der Waals surface area contributed by atoms with E-state index in [1.54, 1.807) is 12.1 Å². The first-order valence-electron chi connectivity index (χ1n) is 11.8. The van der Waals surface area contributed by atoms with E-state index in [0.717, 1.165) is 40.3 Å². The van der Waals surface area contributed by atoms with Crippen LogP contribution in [0.25, 0.3) is 0 Å². The molecule has 0 unspecified atom stereocenters. The predicted octanol–water partition coefficient (Wildman–Crippen LogP) is 5.52. The molecule has 0 aromatic heterocycles. The Bertz CT molecular complexity index is 1290. The number of ether oxygens (including phenoxy) is 1. The van der Waals surface area contributed by atoms with Gasteiger partial charge in [-0.3, -0.25) is 4.79 Å². The van der Waals surface area contributed by atoms with E-state index in [0.29, 0.717) is 12.0 Å². The third-order valence-electron chi connectivity index (χ3n) is 6.85. The fraction of sp³-hybridized carbons (Fsp3) is 0.241. The molecule has 6 nitrogen and oxygen atoms in total. The van der Waals surface area contributed by atoms with Crippen molar-refractivity contribution >= 4 is 28.8 Å². The fourth-order valence-corrected chi connectivity index (χ4v) is 4.95. The molecule has 0 saturated carbocycles. The summed E-state index contributed by atoms with van der Waals surface area (Å²) in [6.07, 6.45) is 1.20. The van der Waals surface area contributed by atoms with E-state index < -0.39 is 0 Å². The molecule has 0 saturated heterocycles. The van der Waals surface area contributed by atoms with Crippen molar-refractivity contribution in [3.05, 3.63) is 101 Å². The molecule has 3 aromatic carbocycles. The number of nitrogens with one attached hydrogen (secondary N) is 2. The van der Waals surface area contributed by atoms with E-state index in [2.05, 4.69) is 39.8 Å². The molecule has 1 heterocycles. The van der Waals surface area contributed by atoms with Crippen LogP contribution in [0.3, 0.4) is 0 Å². The van der Waals surface area contributed by atoms with Crippen molar-refractivity contribution in [1.82, 2.24) is 0 Å². The van der Waals surface area contributed by atoms with E-state index in [1.807, 2.05) is 50.5 Å². The van der Waals surface area contributed by atoms with Crippen molar-refractivity contribution in [3.8, 4) is 0 Å². The second kappa shape index (κ2) is 9.29. The zero-order valence-corrected chi connectivity index (χ0v) is 20.2. The van der Waals surface area contributed by atoms with Crippen LogP contribution >= 0.6 is 0 Å². The summed E-state index contributed by atoms with van der Waals surface area (Å²) in [7, 11) is 5.41. The van der Waals surface area contributed by atoms with Gasteiger partial charge in [-0.15, -0.1) is 0 Å². The molecule has 6 heteroatoms. The van der Waals surface area contributed by atoms with Gasteiger partial charge in [-0.2, -0.15) is 0 Å². The molecule has 2 atom stereocenters. The lowest BCUT2D eigenvalue weighted by molar-refractivity contribution is -0.116. The predicted molar refractivity (Wildman–Crippen MR) is 139 cm³/mol. The Morgan fingerprint density at radius 1 is 0.886 bits per heavy atom. The van der Waals surface area contributed by atoms with E-state index in [1.165, 1.54) is 12.7 Å². The number of para-hydroxylation sites is 2. The van der Waals surface area contributed by atoms with Crippen LogP contribution in [0.15, 0.2) is 84.1 Å². The zero-order chi connectivity index (χ0) is 24.5. The molecule has 0 amide bonds. The smallest absolute Gasteiger partial charge is 0.337 e. The van der Waals surface area contributed by atoms with Crippen LogP contribution in [0.1, 0.15) is 46.3 Å². The molecule has 2 N–H and O–H groups in total. The number of benzene rings is 3. The van der Waals surface area contributed by atoms with Gasteiger partial charge in [0.2, 0.25) is 0 Å². The molecule has 0 spiro atoms. The molecule has 0 fully saturated rings. The van der Waals surface area contributed by atoms with Gasteiger partial charge in [0.15, 0.2) is 5.78 Å². The average Bonchev–Trinajstić information content (AvgIpc) is 3.05. The highest BCUT2D eigenvalue weighted by atomic mass is 16.5. The second-order valence-corrected chi connectivity index (χ2v) is 9.27. The molecule has 2 aliphatic rings. The first-order chi connectivity index (χ1) is 16.9. The van der Waals surface area contributed by atoms with E-state index >= 15 is 0 Å². The number of anilines is 3. The lowest BCUT2D eigenvalue weighted by Gasteiger charge is -2.30. The Kier molecular flexibility index (Phi) is 6.03. The van der Waals surface area contributed by atoms with Gasteiger partial charge in [0.25, 0.3) is 0 Å². The first kappa shape index (κ1) is 22.7. The number of rotatable bonds is 4. The van der Waals surface area contributed by atoms with E-state index in [4.69, 9.17) is 4.74 Å². The van der Waals surface area contributed by atoms with Gasteiger partial charge in [-0.25, -0.2) is 4.79 Å². The largest absolute Gasteiger partial charge is 0.465 e. The maximum absolute atomic E-state index is 13.7. The van der Waals surface area contributed by atoms with Gasteiger partial charge in [0.05, 0.1) is 30.1 Å². The number of carbonyl (C=O) groups is 2. The van der Waals surface area contributed by atoms with Crippen LogP contribution in [0.2, 0.25) is 0 Å². The minimum atomic E-state index is -0.380. The normalized spacial score (nSPS) is 19.0. The van der Waals surface area contributed by atoms with Crippen molar-refractivity contribution in [1.29, 1.82) is 0 Å². The SMILES string of the molecule is COC(=O)c1ccc([C@H]2Nc3ccccc3NC3=C2C(=O)C[C@H](c2ccc(N(C)C)cc2)C3)cc1. The minimum absolute atomic E-state index is 0.109. The molecule has 35 heavy (non-hydrogen) atoms. The molecule has 178 valence electrons. The summed E-state index contributed by atoms with van der Waals surface area (Å²) in [4.78, 5) is 27.7. The van der Waals surface area contributed by atoms with Crippen molar-refractivity contribution in [2.24, 2.45) is 0 Å². The molecule has 0 bridgehead atoms. The van der Waals surface area contributed by atoms with Gasteiger partial charge in [0, 0.05) is 37.5 Å². The number of methoxy groups -OCH3 is 1. The van der Waals surface area contributed by atoms with Crippen molar-refractivity contribution < 1.29 is 14.3 Å². The van der Waals surface area contributed by atoms with Gasteiger partial charge >= 0.3 is 5.97 Å². The highest BCUT2D eigenvalue weighted by Gasteiger charge is 2.36. The zero-order valence-electron chi connectivity index (χ0n) is 20.2. The van der Waals surface area contributed by atoms with Gasteiger partial charge in [-0.1, -0.05) is 36.4 Å². The molecular weight excluding hydrogens is 438 g/mol. The number of allylic oxidation sites excluding steroid dienone is 1. The number of carbonyl (C=O) groups excluding carboxylic acids is 2. The summed E-state index contributed by atoms with van der Waals surface area (Å²) in [5, 5.41) is 7.15. The van der Waals surface area contributed by atoms with E-state index in [-0.39, 0.29) is 23.7 Å². The number of fused-ring (bicyclic) bond motifs is 1. The number of hydrogen-bond acceptors (Lipinski definition) is 6. The Morgan fingerprint density at radius 3 is 2.20 bits per heavy atom. The molecule has 5 rings (SSSR count). The van der Waals surface area contributed by atoms with Gasteiger partial charge in [0.1, 0.15) is 0 Å². The average molecular weight is 468 g/mol. The third kappa shape index (κ3) is 4.39. The Balaban J connectivity index is 1.53.